The van der Waals surface area contributed by atoms with Gasteiger partial charge in [-0.2, -0.15) is 13.2 Å². The number of Topliss-reactive ketones (excluding diaryl/α,β-unsaturated/α-hetero) is 1. The molecule has 0 saturated carbocycles. The van der Waals surface area contributed by atoms with Crippen molar-refractivity contribution in [2.45, 2.75) is 45.0 Å². The molecular formula is C11H18F3NO4. The van der Waals surface area contributed by atoms with Gasteiger partial charge in [-0.3, -0.25) is 4.79 Å². The van der Waals surface area contributed by atoms with Gasteiger partial charge >= 0.3 is 12.1 Å². The van der Waals surface area contributed by atoms with Gasteiger partial charge in [0.15, 0.2) is 5.78 Å². The minimum Gasteiger partial charge on any atom is -0.475 e. The Hall–Kier alpha value is -1.15. The lowest BCUT2D eigenvalue weighted by atomic mass is 9.94. The van der Waals surface area contributed by atoms with Crippen LogP contribution < -0.4 is 5.73 Å². The summed E-state index contributed by atoms with van der Waals surface area (Å²) in [5.41, 5.74) is 5.17. The van der Waals surface area contributed by atoms with Gasteiger partial charge in [0.1, 0.15) is 5.60 Å². The van der Waals surface area contributed by atoms with Crippen LogP contribution in [0.1, 0.15) is 27.2 Å². The third-order valence-corrected chi connectivity index (χ3v) is 2.40. The fraction of sp³-hybridized carbons (Fsp3) is 0.818. The number of carbonyl (C=O) groups is 2. The van der Waals surface area contributed by atoms with Gasteiger partial charge in [0.25, 0.3) is 0 Å². The van der Waals surface area contributed by atoms with E-state index in [1.165, 1.54) is 0 Å². The monoisotopic (exact) mass is 285 g/mol. The van der Waals surface area contributed by atoms with Crippen LogP contribution in [0.15, 0.2) is 0 Å². The molecular weight excluding hydrogens is 267 g/mol. The number of rotatable bonds is 4. The Kier molecular flexibility index (Phi) is 5.95. The lowest BCUT2D eigenvalue weighted by Gasteiger charge is -2.14. The number of ether oxygens (including phenoxy) is 1. The van der Waals surface area contributed by atoms with Crippen LogP contribution in [0.5, 0.6) is 0 Å². The second kappa shape index (κ2) is 6.33. The smallest absolute Gasteiger partial charge is 0.475 e. The largest absolute Gasteiger partial charge is 0.490 e. The van der Waals surface area contributed by atoms with Crippen LogP contribution in [0.4, 0.5) is 13.2 Å². The number of carbonyl (C=O) groups excluding carboxylic acids is 1. The van der Waals surface area contributed by atoms with Crippen molar-refractivity contribution < 1.29 is 32.6 Å². The summed E-state index contributed by atoms with van der Waals surface area (Å²) in [6, 6.07) is -0.350. The predicted octanol–water partition coefficient (Wildman–Crippen LogP) is 1.35. The summed E-state index contributed by atoms with van der Waals surface area (Å²) in [5.74, 6) is -2.24. The Morgan fingerprint density at radius 3 is 2.00 bits per heavy atom. The fourth-order valence-corrected chi connectivity index (χ4v) is 1.26. The second-order valence-corrected chi connectivity index (χ2v) is 4.92. The minimum absolute atomic E-state index is 0.0520. The number of hydrogen-bond donors (Lipinski definition) is 2. The number of carboxylic acid groups (broad SMARTS) is 1. The third kappa shape index (κ3) is 6.53. The average molecular weight is 285 g/mol. The third-order valence-electron chi connectivity index (χ3n) is 2.40. The van der Waals surface area contributed by atoms with Gasteiger partial charge in [-0.15, -0.1) is 0 Å². The first-order valence-corrected chi connectivity index (χ1v) is 5.64. The Bertz CT molecular complexity index is 337. The number of nitrogens with two attached hydrogens (primary N) is 1. The highest BCUT2D eigenvalue weighted by atomic mass is 19.4. The molecule has 1 unspecified atom stereocenters. The van der Waals surface area contributed by atoms with Gasteiger partial charge in [0.2, 0.25) is 0 Å². The zero-order chi connectivity index (χ0) is 15.4. The van der Waals surface area contributed by atoms with E-state index in [2.05, 4.69) is 13.8 Å². The van der Waals surface area contributed by atoms with E-state index < -0.39 is 17.7 Å². The first-order valence-electron chi connectivity index (χ1n) is 5.64. The van der Waals surface area contributed by atoms with Crippen LogP contribution in [0.3, 0.4) is 0 Å². The maximum absolute atomic E-state index is 11.5. The van der Waals surface area contributed by atoms with E-state index in [9.17, 15) is 18.0 Å². The molecule has 0 amide bonds. The molecule has 2 atom stereocenters. The molecule has 0 aromatic rings. The standard InChI is InChI=1S/C9H17NO2.C2HF3O2/c1-6(2)4-7(10)8(11)9(3)5-12-9;3-2(4,5)1(6)7/h6-7H,4-5,10H2,1-3H3;(H,6,7)/t7?,9-;/m0./s1. The number of halogens is 3. The number of epoxide rings is 1. The van der Waals surface area contributed by atoms with Crippen molar-refractivity contribution in [3.05, 3.63) is 0 Å². The molecule has 5 nitrogen and oxygen atoms in total. The SMILES string of the molecule is CC(C)CC(N)C(=O)[C@]1(C)CO1.O=C(O)C(F)(F)F. The Balaban J connectivity index is 0.000000399. The second-order valence-electron chi connectivity index (χ2n) is 4.92. The van der Waals surface area contributed by atoms with E-state index in [1.54, 1.807) is 6.92 Å². The molecule has 19 heavy (non-hydrogen) atoms. The van der Waals surface area contributed by atoms with Crippen molar-refractivity contribution in [3.63, 3.8) is 0 Å². The van der Waals surface area contributed by atoms with Crippen molar-refractivity contribution in [3.8, 4) is 0 Å². The summed E-state index contributed by atoms with van der Waals surface area (Å²) in [5, 5.41) is 7.12. The van der Waals surface area contributed by atoms with E-state index >= 15 is 0 Å². The van der Waals surface area contributed by atoms with Gasteiger partial charge in [0.05, 0.1) is 12.6 Å². The number of aliphatic carboxylic acids is 1. The number of alkyl halides is 3. The Morgan fingerprint density at radius 1 is 1.42 bits per heavy atom. The van der Waals surface area contributed by atoms with Crippen LogP contribution in [0.25, 0.3) is 0 Å². The van der Waals surface area contributed by atoms with Gasteiger partial charge in [0, 0.05) is 0 Å². The highest BCUT2D eigenvalue weighted by Crippen LogP contribution is 2.28. The molecule has 1 rings (SSSR count). The minimum atomic E-state index is -5.08. The highest BCUT2D eigenvalue weighted by Gasteiger charge is 2.48. The lowest BCUT2D eigenvalue weighted by Crippen LogP contribution is -2.40. The first-order chi connectivity index (χ1) is 8.40. The van der Waals surface area contributed by atoms with Crippen molar-refractivity contribution >= 4 is 11.8 Å². The van der Waals surface area contributed by atoms with E-state index in [0.717, 1.165) is 6.42 Å². The average Bonchev–Trinajstić information content (AvgIpc) is 2.95. The van der Waals surface area contributed by atoms with Gasteiger partial charge in [-0.1, -0.05) is 13.8 Å². The Labute approximate surface area is 108 Å². The molecule has 1 aliphatic heterocycles. The number of hydrogen-bond acceptors (Lipinski definition) is 4. The van der Waals surface area contributed by atoms with Crippen LogP contribution in [-0.4, -0.2) is 41.3 Å². The maximum atomic E-state index is 11.5. The van der Waals surface area contributed by atoms with Crippen molar-refractivity contribution in [2.75, 3.05) is 6.61 Å². The quantitative estimate of drug-likeness (QED) is 0.761. The van der Waals surface area contributed by atoms with Crippen LogP contribution >= 0.6 is 0 Å². The number of ketones is 1. The summed E-state index contributed by atoms with van der Waals surface area (Å²) in [6.07, 6.45) is -4.34. The van der Waals surface area contributed by atoms with Crippen LogP contribution in [0, 0.1) is 5.92 Å². The van der Waals surface area contributed by atoms with Crippen LogP contribution in [0.2, 0.25) is 0 Å². The predicted molar refractivity (Wildman–Crippen MR) is 60.5 cm³/mol. The molecule has 3 N–H and O–H groups in total. The Morgan fingerprint density at radius 2 is 1.79 bits per heavy atom. The zero-order valence-corrected chi connectivity index (χ0v) is 11.0. The van der Waals surface area contributed by atoms with Crippen molar-refractivity contribution in [1.29, 1.82) is 0 Å². The van der Waals surface area contributed by atoms with Crippen LogP contribution in [-0.2, 0) is 14.3 Å². The van der Waals surface area contributed by atoms with Gasteiger partial charge in [-0.25, -0.2) is 4.79 Å². The molecule has 0 spiro atoms. The molecule has 0 aromatic heterocycles. The summed E-state index contributed by atoms with van der Waals surface area (Å²) >= 11 is 0. The van der Waals surface area contributed by atoms with Gasteiger partial charge < -0.3 is 15.6 Å². The molecule has 0 aliphatic carbocycles. The normalized spacial score (nSPS) is 23.4. The van der Waals surface area contributed by atoms with E-state index in [0.29, 0.717) is 12.5 Å². The lowest BCUT2D eigenvalue weighted by molar-refractivity contribution is -0.192. The topological polar surface area (TPSA) is 92.9 Å². The molecule has 0 radical (unpaired) electrons. The van der Waals surface area contributed by atoms with E-state index in [1.807, 2.05) is 0 Å². The molecule has 1 saturated heterocycles. The van der Waals surface area contributed by atoms with Crippen molar-refractivity contribution in [1.82, 2.24) is 0 Å². The van der Waals surface area contributed by atoms with Gasteiger partial charge in [-0.05, 0) is 19.3 Å². The summed E-state index contributed by atoms with van der Waals surface area (Å²) in [6.45, 7) is 6.46. The molecule has 1 fully saturated rings. The summed E-state index contributed by atoms with van der Waals surface area (Å²) < 4.78 is 36.8. The summed E-state index contributed by atoms with van der Waals surface area (Å²) in [4.78, 5) is 20.4. The van der Waals surface area contributed by atoms with E-state index in [-0.39, 0.29) is 11.8 Å². The first kappa shape index (κ1) is 17.8. The highest BCUT2D eigenvalue weighted by molar-refractivity contribution is 5.93. The summed E-state index contributed by atoms with van der Waals surface area (Å²) in [7, 11) is 0. The molecule has 0 aromatic carbocycles. The van der Waals surface area contributed by atoms with E-state index in [4.69, 9.17) is 20.4 Å². The molecule has 0 bridgehead atoms. The number of carboxylic acids is 1. The fourth-order valence-electron chi connectivity index (χ4n) is 1.26. The molecule has 1 heterocycles. The molecule has 112 valence electrons. The molecule has 8 heteroatoms. The molecule has 1 aliphatic rings. The zero-order valence-electron chi connectivity index (χ0n) is 11.0. The van der Waals surface area contributed by atoms with Crippen molar-refractivity contribution in [2.24, 2.45) is 11.7 Å². The maximum Gasteiger partial charge on any atom is 0.490 e.